The second-order valence-electron chi connectivity index (χ2n) is 16.3. The van der Waals surface area contributed by atoms with Gasteiger partial charge in [-0.25, -0.2) is 4.79 Å². The fourth-order valence-corrected chi connectivity index (χ4v) is 12.3. The number of carboxylic acids is 1. The predicted octanol–water partition coefficient (Wildman–Crippen LogP) is 8.75. The van der Waals surface area contributed by atoms with Crippen LogP contribution in [0.4, 0.5) is 0 Å². The van der Waals surface area contributed by atoms with E-state index in [0.29, 0.717) is 40.7 Å². The molecule has 2 N–H and O–H groups in total. The van der Waals surface area contributed by atoms with Gasteiger partial charge in [-0.3, -0.25) is 0 Å². The molecule has 0 radical (unpaired) electrons. The Hall–Kier alpha value is -2.05. The molecular formula is C38H52O3. The Labute approximate surface area is 248 Å². The highest BCUT2D eigenvalue weighted by molar-refractivity contribution is 5.90. The van der Waals surface area contributed by atoms with Crippen molar-refractivity contribution in [2.24, 2.45) is 56.7 Å². The van der Waals surface area contributed by atoms with Crippen LogP contribution in [0.25, 0.3) is 0 Å². The van der Waals surface area contributed by atoms with Gasteiger partial charge in [0, 0.05) is 11.0 Å². The molecule has 6 rings (SSSR count). The van der Waals surface area contributed by atoms with Gasteiger partial charge in [0.15, 0.2) is 0 Å². The fraction of sp³-hybridized carbons (Fsp3) is 0.711. The van der Waals surface area contributed by atoms with Gasteiger partial charge in [0.2, 0.25) is 0 Å². The molecule has 1 aromatic rings. The molecule has 5 unspecified atom stereocenters. The molecule has 0 bridgehead atoms. The smallest absolute Gasteiger partial charge is 0.336 e. The Morgan fingerprint density at radius 2 is 1.61 bits per heavy atom. The Bertz CT molecular complexity index is 1310. The summed E-state index contributed by atoms with van der Waals surface area (Å²) in [5.41, 5.74) is 2.97. The first-order valence-corrected chi connectivity index (χ1v) is 16.4. The van der Waals surface area contributed by atoms with Crippen molar-refractivity contribution in [2.75, 3.05) is 0 Å². The van der Waals surface area contributed by atoms with E-state index < -0.39 is 5.97 Å². The van der Waals surface area contributed by atoms with Gasteiger partial charge in [-0.15, -0.1) is 0 Å². The number of benzene rings is 1. The molecule has 5 saturated carbocycles. The third kappa shape index (κ3) is 3.91. The maximum atomic E-state index is 11.9. The number of allylic oxidation sites excluding steroid dienone is 1. The SMILES string of the molecule is C=C(C)C1CC[C@]2(C#Cc3ccccc3C(=O)O)CC[C@]3(C)C(CCC4[C@@]5(C)CC[C@H](O)C(C)(C)C5CC[C@]43C)C12. The summed E-state index contributed by atoms with van der Waals surface area (Å²) in [5, 5.41) is 20.8. The van der Waals surface area contributed by atoms with Crippen molar-refractivity contribution in [3.05, 3.63) is 47.5 Å². The van der Waals surface area contributed by atoms with Gasteiger partial charge in [0.25, 0.3) is 0 Å². The van der Waals surface area contributed by atoms with Crippen LogP contribution in [0.3, 0.4) is 0 Å². The molecule has 0 aromatic heterocycles. The number of carboxylic acid groups (broad SMARTS) is 1. The summed E-state index contributed by atoms with van der Waals surface area (Å²) in [6, 6.07) is 7.24. The minimum absolute atomic E-state index is 0.0217. The van der Waals surface area contributed by atoms with Crippen LogP contribution < -0.4 is 0 Å². The van der Waals surface area contributed by atoms with Crippen LogP contribution in [0.15, 0.2) is 36.4 Å². The second kappa shape index (κ2) is 9.47. The molecule has 0 aliphatic heterocycles. The van der Waals surface area contributed by atoms with Crippen molar-refractivity contribution in [1.29, 1.82) is 0 Å². The maximum absolute atomic E-state index is 11.9. The lowest BCUT2D eigenvalue weighted by atomic mass is 9.32. The summed E-state index contributed by atoms with van der Waals surface area (Å²) >= 11 is 0. The molecular weight excluding hydrogens is 504 g/mol. The van der Waals surface area contributed by atoms with Crippen LogP contribution in [-0.2, 0) is 0 Å². The average molecular weight is 557 g/mol. The standard InChI is InChI=1S/C38H52O3/c1-24(2)26-15-21-38(20-14-25-10-8-9-11-27(25)33(40)41)23-22-36(6)28(32(26)38)12-13-30-35(5)18-17-31(39)34(3,4)29(35)16-19-37(30,36)7/h8-11,26,28-32,39H,1,12-13,15-19,21-23H2,2-7H3,(H,40,41)/t26?,28?,29?,30?,31-,32?,35-,36+,37+,38+/m0/s1. The highest BCUT2D eigenvalue weighted by Crippen LogP contribution is 2.77. The fourth-order valence-electron chi connectivity index (χ4n) is 12.3. The monoisotopic (exact) mass is 556 g/mol. The lowest BCUT2D eigenvalue weighted by molar-refractivity contribution is -0.244. The molecule has 5 aliphatic carbocycles. The predicted molar refractivity (Wildman–Crippen MR) is 165 cm³/mol. The van der Waals surface area contributed by atoms with E-state index >= 15 is 0 Å². The topological polar surface area (TPSA) is 57.5 Å². The molecule has 0 spiro atoms. The molecule has 3 heteroatoms. The highest BCUT2D eigenvalue weighted by atomic mass is 16.4. The van der Waals surface area contributed by atoms with Gasteiger partial charge in [-0.05, 0) is 135 Å². The number of fused-ring (bicyclic) bond motifs is 7. The van der Waals surface area contributed by atoms with Crippen molar-refractivity contribution in [2.45, 2.75) is 112 Å². The van der Waals surface area contributed by atoms with E-state index in [4.69, 9.17) is 0 Å². The summed E-state index contributed by atoms with van der Waals surface area (Å²) in [5.74, 6) is 9.18. The quantitative estimate of drug-likeness (QED) is 0.283. The summed E-state index contributed by atoms with van der Waals surface area (Å²) in [4.78, 5) is 11.9. The van der Waals surface area contributed by atoms with Gasteiger partial charge in [0.05, 0.1) is 11.7 Å². The molecule has 0 amide bonds. The molecule has 3 nitrogen and oxygen atoms in total. The molecule has 41 heavy (non-hydrogen) atoms. The second-order valence-corrected chi connectivity index (χ2v) is 16.3. The lowest BCUT2D eigenvalue weighted by Crippen LogP contribution is -2.66. The summed E-state index contributed by atoms with van der Waals surface area (Å²) in [6.07, 6.45) is 11.5. The zero-order valence-electron chi connectivity index (χ0n) is 26.4. The Morgan fingerprint density at radius 1 is 0.878 bits per heavy atom. The van der Waals surface area contributed by atoms with Crippen molar-refractivity contribution < 1.29 is 15.0 Å². The largest absolute Gasteiger partial charge is 0.478 e. The van der Waals surface area contributed by atoms with E-state index in [-0.39, 0.29) is 33.2 Å². The first-order chi connectivity index (χ1) is 19.2. The van der Waals surface area contributed by atoms with E-state index in [1.54, 1.807) is 12.1 Å². The molecule has 222 valence electrons. The van der Waals surface area contributed by atoms with Gasteiger partial charge in [-0.2, -0.15) is 0 Å². The number of aromatic carboxylic acids is 1. The highest BCUT2D eigenvalue weighted by Gasteiger charge is 2.70. The van der Waals surface area contributed by atoms with Gasteiger partial charge < -0.3 is 10.2 Å². The Morgan fingerprint density at radius 3 is 2.32 bits per heavy atom. The van der Waals surface area contributed by atoms with Crippen molar-refractivity contribution in [1.82, 2.24) is 0 Å². The Kier molecular flexibility index (Phi) is 6.71. The summed E-state index contributed by atoms with van der Waals surface area (Å²) in [7, 11) is 0. The lowest BCUT2D eigenvalue weighted by Gasteiger charge is -2.72. The van der Waals surface area contributed by atoms with Gasteiger partial charge in [-0.1, -0.05) is 70.7 Å². The summed E-state index contributed by atoms with van der Waals surface area (Å²) < 4.78 is 0. The van der Waals surface area contributed by atoms with Gasteiger partial charge >= 0.3 is 5.97 Å². The van der Waals surface area contributed by atoms with Crippen molar-refractivity contribution in [3.8, 4) is 11.8 Å². The Balaban J connectivity index is 1.40. The van der Waals surface area contributed by atoms with Crippen LogP contribution in [0.1, 0.15) is 122 Å². The van der Waals surface area contributed by atoms with Crippen LogP contribution in [0.2, 0.25) is 0 Å². The molecule has 10 atom stereocenters. The number of carbonyl (C=O) groups is 1. The van der Waals surface area contributed by atoms with Crippen LogP contribution in [0.5, 0.6) is 0 Å². The number of aliphatic hydroxyl groups is 1. The first kappa shape index (κ1) is 29.0. The maximum Gasteiger partial charge on any atom is 0.336 e. The third-order valence-electron chi connectivity index (χ3n) is 14.6. The summed E-state index contributed by atoms with van der Waals surface area (Å²) in [6.45, 7) is 19.3. The molecule has 0 heterocycles. The minimum atomic E-state index is -0.903. The number of aliphatic hydroxyl groups excluding tert-OH is 1. The van der Waals surface area contributed by atoms with E-state index in [0.717, 1.165) is 32.1 Å². The molecule has 1 aromatic carbocycles. The van der Waals surface area contributed by atoms with E-state index in [2.05, 4.69) is 60.0 Å². The minimum Gasteiger partial charge on any atom is -0.478 e. The van der Waals surface area contributed by atoms with Crippen LogP contribution in [-0.4, -0.2) is 22.3 Å². The zero-order chi connectivity index (χ0) is 29.6. The number of rotatable bonds is 2. The van der Waals surface area contributed by atoms with Crippen LogP contribution in [0, 0.1) is 68.5 Å². The van der Waals surface area contributed by atoms with Crippen molar-refractivity contribution in [3.63, 3.8) is 0 Å². The third-order valence-corrected chi connectivity index (χ3v) is 14.6. The molecule has 5 aliphatic rings. The normalized spacial score (nSPS) is 46.1. The van der Waals surface area contributed by atoms with E-state index in [9.17, 15) is 15.0 Å². The van der Waals surface area contributed by atoms with Gasteiger partial charge in [0.1, 0.15) is 0 Å². The van der Waals surface area contributed by atoms with E-state index in [1.807, 2.05) is 12.1 Å². The molecule has 5 fully saturated rings. The number of hydrogen-bond donors (Lipinski definition) is 2. The number of hydrogen-bond acceptors (Lipinski definition) is 2. The molecule has 0 saturated heterocycles. The average Bonchev–Trinajstić information content (AvgIpc) is 3.31. The zero-order valence-corrected chi connectivity index (χ0v) is 26.4. The first-order valence-electron chi connectivity index (χ1n) is 16.4. The van der Waals surface area contributed by atoms with Crippen LogP contribution >= 0.6 is 0 Å². The van der Waals surface area contributed by atoms with E-state index in [1.165, 1.54) is 37.7 Å². The van der Waals surface area contributed by atoms with Crippen molar-refractivity contribution >= 4 is 5.97 Å².